The van der Waals surface area contributed by atoms with Gasteiger partial charge < -0.3 is 19.9 Å². The van der Waals surface area contributed by atoms with Gasteiger partial charge in [0.25, 0.3) is 0 Å². The molecule has 1 saturated heterocycles. The third-order valence-electron chi connectivity index (χ3n) is 3.23. The maximum Gasteiger partial charge on any atom is 0.341 e. The van der Waals surface area contributed by atoms with Crippen molar-refractivity contribution in [3.05, 3.63) is 23.8 Å². The second-order valence-corrected chi connectivity index (χ2v) is 4.74. The second kappa shape index (κ2) is 7.14. The van der Waals surface area contributed by atoms with Crippen LogP contribution in [0.4, 0.5) is 5.69 Å². The number of carbonyl (C=O) groups is 1. The number of benzene rings is 1. The molecule has 2 N–H and O–H groups in total. The van der Waals surface area contributed by atoms with Crippen LogP contribution in [0.1, 0.15) is 36.5 Å². The molecule has 1 aromatic rings. The van der Waals surface area contributed by atoms with E-state index in [0.29, 0.717) is 30.2 Å². The summed E-state index contributed by atoms with van der Waals surface area (Å²) in [4.78, 5) is 11.9. The van der Waals surface area contributed by atoms with Crippen molar-refractivity contribution in [2.24, 2.45) is 0 Å². The molecule has 0 spiro atoms. The van der Waals surface area contributed by atoms with Crippen LogP contribution in [-0.2, 0) is 9.47 Å². The fourth-order valence-corrected chi connectivity index (χ4v) is 2.20. The molecular formula is C15H21NO4. The zero-order valence-electron chi connectivity index (χ0n) is 11.8. The number of anilines is 1. The number of nitrogens with two attached hydrogens (primary N) is 1. The first-order valence-electron chi connectivity index (χ1n) is 7.02. The van der Waals surface area contributed by atoms with Gasteiger partial charge in [-0.2, -0.15) is 0 Å². The molecule has 5 nitrogen and oxygen atoms in total. The van der Waals surface area contributed by atoms with E-state index in [-0.39, 0.29) is 6.10 Å². The van der Waals surface area contributed by atoms with Gasteiger partial charge >= 0.3 is 5.97 Å². The van der Waals surface area contributed by atoms with Crippen LogP contribution < -0.4 is 10.5 Å². The summed E-state index contributed by atoms with van der Waals surface area (Å²) >= 11 is 0. The largest absolute Gasteiger partial charge is 0.488 e. The summed E-state index contributed by atoms with van der Waals surface area (Å²) in [6, 6.07) is 5.08. The van der Waals surface area contributed by atoms with Crippen molar-refractivity contribution >= 4 is 11.7 Å². The Bertz CT molecular complexity index is 455. The molecule has 0 aliphatic carbocycles. The lowest BCUT2D eigenvalue weighted by atomic mass is 10.1. The molecule has 1 unspecified atom stereocenters. The molecule has 0 bridgehead atoms. The number of hydrogen-bond acceptors (Lipinski definition) is 5. The number of ether oxygens (including phenoxy) is 3. The van der Waals surface area contributed by atoms with Crippen molar-refractivity contribution in [3.8, 4) is 5.75 Å². The van der Waals surface area contributed by atoms with Gasteiger partial charge in [-0.15, -0.1) is 0 Å². The molecule has 1 atom stereocenters. The molecule has 1 fully saturated rings. The zero-order chi connectivity index (χ0) is 14.4. The second-order valence-electron chi connectivity index (χ2n) is 4.74. The Morgan fingerprint density at radius 2 is 2.30 bits per heavy atom. The number of rotatable bonds is 5. The molecule has 5 heteroatoms. The Morgan fingerprint density at radius 1 is 1.45 bits per heavy atom. The summed E-state index contributed by atoms with van der Waals surface area (Å²) in [6.07, 6.45) is 3.28. The first-order valence-corrected chi connectivity index (χ1v) is 7.02. The molecule has 1 heterocycles. The lowest BCUT2D eigenvalue weighted by Crippen LogP contribution is -2.26. The molecule has 0 saturated carbocycles. The summed E-state index contributed by atoms with van der Waals surface area (Å²) in [7, 11) is 0. The first-order chi connectivity index (χ1) is 9.72. The van der Waals surface area contributed by atoms with Crippen molar-refractivity contribution in [2.45, 2.75) is 32.3 Å². The number of hydrogen-bond donors (Lipinski definition) is 1. The van der Waals surface area contributed by atoms with E-state index in [1.54, 1.807) is 25.1 Å². The fourth-order valence-electron chi connectivity index (χ4n) is 2.20. The van der Waals surface area contributed by atoms with Crippen molar-refractivity contribution in [1.82, 2.24) is 0 Å². The van der Waals surface area contributed by atoms with E-state index in [9.17, 15) is 4.79 Å². The third kappa shape index (κ3) is 3.63. The van der Waals surface area contributed by atoms with Gasteiger partial charge in [-0.1, -0.05) is 6.07 Å². The highest BCUT2D eigenvalue weighted by Crippen LogP contribution is 2.28. The standard InChI is InChI=1S/C15H21NO4/c1-2-18-15(17)12-7-5-8-13(16)14(12)20-10-11-6-3-4-9-19-11/h5,7-8,11H,2-4,6,9-10,16H2,1H3. The molecule has 110 valence electrons. The lowest BCUT2D eigenvalue weighted by Gasteiger charge is -2.23. The monoisotopic (exact) mass is 279 g/mol. The molecular weight excluding hydrogens is 258 g/mol. The highest BCUT2D eigenvalue weighted by Gasteiger charge is 2.19. The third-order valence-corrected chi connectivity index (χ3v) is 3.23. The van der Waals surface area contributed by atoms with E-state index in [1.807, 2.05) is 0 Å². The highest BCUT2D eigenvalue weighted by molar-refractivity contribution is 5.94. The van der Waals surface area contributed by atoms with Crippen LogP contribution in [0, 0.1) is 0 Å². The predicted molar refractivity (Wildman–Crippen MR) is 75.9 cm³/mol. The summed E-state index contributed by atoms with van der Waals surface area (Å²) in [5, 5.41) is 0. The lowest BCUT2D eigenvalue weighted by molar-refractivity contribution is -0.0112. The average molecular weight is 279 g/mol. The van der Waals surface area contributed by atoms with Crippen molar-refractivity contribution in [1.29, 1.82) is 0 Å². The zero-order valence-corrected chi connectivity index (χ0v) is 11.8. The minimum Gasteiger partial charge on any atom is -0.488 e. The fraction of sp³-hybridized carbons (Fsp3) is 0.533. The van der Waals surface area contributed by atoms with Crippen LogP contribution in [-0.4, -0.2) is 31.9 Å². The number of esters is 1. The molecule has 0 radical (unpaired) electrons. The van der Waals surface area contributed by atoms with E-state index in [4.69, 9.17) is 19.9 Å². The van der Waals surface area contributed by atoms with Gasteiger partial charge in [0.1, 0.15) is 12.2 Å². The van der Waals surface area contributed by atoms with E-state index >= 15 is 0 Å². The van der Waals surface area contributed by atoms with Gasteiger partial charge in [0.2, 0.25) is 0 Å². The van der Waals surface area contributed by atoms with E-state index in [2.05, 4.69) is 0 Å². The summed E-state index contributed by atoms with van der Waals surface area (Å²) in [5.74, 6) is -0.0283. The van der Waals surface area contributed by atoms with Crippen molar-refractivity contribution < 1.29 is 19.0 Å². The normalized spacial score (nSPS) is 18.6. The minimum atomic E-state index is -0.417. The van der Waals surface area contributed by atoms with Crippen LogP contribution in [0.5, 0.6) is 5.75 Å². The maximum absolute atomic E-state index is 11.9. The first kappa shape index (κ1) is 14.7. The van der Waals surface area contributed by atoms with E-state index in [1.165, 1.54) is 0 Å². The summed E-state index contributed by atoms with van der Waals surface area (Å²) < 4.78 is 16.3. The number of para-hydroxylation sites is 1. The molecule has 0 aromatic heterocycles. The number of nitrogen functional groups attached to an aromatic ring is 1. The van der Waals surface area contributed by atoms with Gasteiger partial charge in [-0.3, -0.25) is 0 Å². The van der Waals surface area contributed by atoms with Crippen molar-refractivity contribution in [3.63, 3.8) is 0 Å². The van der Waals surface area contributed by atoms with Crippen LogP contribution in [0.3, 0.4) is 0 Å². The summed E-state index contributed by atoms with van der Waals surface area (Å²) in [6.45, 7) is 3.25. The van der Waals surface area contributed by atoms with Crippen LogP contribution in [0.2, 0.25) is 0 Å². The van der Waals surface area contributed by atoms with Gasteiger partial charge in [0.05, 0.1) is 18.4 Å². The number of carbonyl (C=O) groups excluding carboxylic acids is 1. The topological polar surface area (TPSA) is 70.8 Å². The van der Waals surface area contributed by atoms with Crippen LogP contribution >= 0.6 is 0 Å². The van der Waals surface area contributed by atoms with Gasteiger partial charge in [-0.05, 0) is 38.3 Å². The van der Waals surface area contributed by atoms with Crippen LogP contribution in [0.15, 0.2) is 18.2 Å². The van der Waals surface area contributed by atoms with Gasteiger partial charge in [0.15, 0.2) is 5.75 Å². The smallest absolute Gasteiger partial charge is 0.341 e. The van der Waals surface area contributed by atoms with E-state index < -0.39 is 5.97 Å². The Balaban J connectivity index is 2.06. The Morgan fingerprint density at radius 3 is 3.00 bits per heavy atom. The van der Waals surface area contributed by atoms with Gasteiger partial charge in [0, 0.05) is 6.61 Å². The SMILES string of the molecule is CCOC(=O)c1cccc(N)c1OCC1CCCCO1. The van der Waals surface area contributed by atoms with Crippen molar-refractivity contribution in [2.75, 3.05) is 25.6 Å². The molecule has 1 aliphatic heterocycles. The molecule has 1 aromatic carbocycles. The van der Waals surface area contributed by atoms with Gasteiger partial charge in [-0.25, -0.2) is 4.79 Å². The van der Waals surface area contributed by atoms with E-state index in [0.717, 1.165) is 25.9 Å². The molecule has 1 aliphatic rings. The molecule has 2 rings (SSSR count). The molecule has 0 amide bonds. The average Bonchev–Trinajstić information content (AvgIpc) is 2.47. The predicted octanol–water partition coefficient (Wildman–Crippen LogP) is 2.39. The van der Waals surface area contributed by atoms with Crippen LogP contribution in [0.25, 0.3) is 0 Å². The Kier molecular flexibility index (Phi) is 5.24. The maximum atomic E-state index is 11.9. The summed E-state index contributed by atoms with van der Waals surface area (Å²) in [5.41, 5.74) is 6.70. The Labute approximate surface area is 119 Å². The molecule has 20 heavy (non-hydrogen) atoms. The Hall–Kier alpha value is -1.75. The highest BCUT2D eigenvalue weighted by atomic mass is 16.5. The quantitative estimate of drug-likeness (QED) is 0.662. The minimum absolute atomic E-state index is 0.0680.